The molecule has 0 radical (unpaired) electrons. The Morgan fingerprint density at radius 1 is 1.00 bits per heavy atom. The first kappa shape index (κ1) is 21.0. The number of nitrogens with zero attached hydrogens (tertiary/aromatic N) is 3. The Morgan fingerprint density at radius 2 is 1.54 bits per heavy atom. The summed E-state index contributed by atoms with van der Waals surface area (Å²) in [5, 5.41) is 24.9. The first-order valence-corrected chi connectivity index (χ1v) is 8.65. The highest BCUT2D eigenvalue weighted by Crippen LogP contribution is 2.53. The lowest BCUT2D eigenvalue weighted by Gasteiger charge is -2.05. The number of nitro benzene ring substituents is 2. The number of benzene rings is 1. The maximum absolute atomic E-state index is 11.9. The van der Waals surface area contributed by atoms with Crippen molar-refractivity contribution in [2.24, 2.45) is 5.18 Å². The van der Waals surface area contributed by atoms with Crippen LogP contribution in [0.5, 0.6) is 0 Å². The van der Waals surface area contributed by atoms with Crippen LogP contribution >= 0.6 is 23.5 Å². The predicted octanol–water partition coefficient (Wildman–Crippen LogP) is 2.93. The van der Waals surface area contributed by atoms with Crippen LogP contribution in [0.3, 0.4) is 0 Å². The number of thioether (sulfide) groups is 2. The summed E-state index contributed by atoms with van der Waals surface area (Å²) in [7, 11) is 2.16. The van der Waals surface area contributed by atoms with Crippen molar-refractivity contribution in [1.82, 2.24) is 0 Å². The van der Waals surface area contributed by atoms with Gasteiger partial charge in [-0.2, -0.15) is 0 Å². The van der Waals surface area contributed by atoms with E-state index in [4.69, 9.17) is 0 Å². The largest absolute Gasteiger partial charge is 0.465 e. The fraction of sp³-hybridized carbons (Fsp3) is 0.143. The van der Waals surface area contributed by atoms with Crippen LogP contribution in [0.15, 0.2) is 37.4 Å². The number of ether oxygens (including phenoxy) is 2. The number of non-ortho nitro benzene ring substituents is 1. The van der Waals surface area contributed by atoms with Gasteiger partial charge in [-0.05, 0) is 11.2 Å². The number of hydrogen-bond acceptors (Lipinski definition) is 12. The molecular weight excluding hydrogens is 418 g/mol. The van der Waals surface area contributed by atoms with Crippen molar-refractivity contribution in [2.45, 2.75) is 0 Å². The second-order valence-corrected chi connectivity index (χ2v) is 7.09. The molecule has 0 aliphatic carbocycles. The van der Waals surface area contributed by atoms with Crippen molar-refractivity contribution in [1.29, 1.82) is 0 Å². The standard InChI is InChI=1S/C14H9N3O9S2/c1-25-12(18)10-11(13(19)26-2)28-14(27-10)9(15-20)7-4-3-6(16(21)22)5-8(7)17(23)24/h3-5H,1-2H3. The lowest BCUT2D eigenvalue weighted by molar-refractivity contribution is -0.394. The SMILES string of the molecule is COC(=O)C1=C(C(=O)OC)SC(=C(N=O)c2ccc([N+](=O)[O-])cc2[N+](=O)[O-])S1. The van der Waals surface area contributed by atoms with Crippen LogP contribution in [-0.2, 0) is 19.1 Å². The molecule has 146 valence electrons. The molecule has 1 heterocycles. The minimum atomic E-state index is -0.909. The number of carbonyl (C=O) groups is 2. The number of nitro groups is 2. The van der Waals surface area contributed by atoms with Crippen molar-refractivity contribution in [3.63, 3.8) is 0 Å². The van der Waals surface area contributed by atoms with Crippen molar-refractivity contribution in [3.05, 3.63) is 62.9 Å². The normalized spacial score (nSPS) is 13.1. The Hall–Kier alpha value is -3.26. The molecule has 28 heavy (non-hydrogen) atoms. The average molecular weight is 427 g/mol. The summed E-state index contributed by atoms with van der Waals surface area (Å²) in [5.74, 6) is -1.76. The lowest BCUT2D eigenvalue weighted by Crippen LogP contribution is -2.08. The zero-order valence-corrected chi connectivity index (χ0v) is 15.7. The van der Waals surface area contributed by atoms with Crippen molar-refractivity contribution in [2.75, 3.05) is 14.2 Å². The number of esters is 2. The van der Waals surface area contributed by atoms with Crippen molar-refractivity contribution < 1.29 is 28.9 Å². The summed E-state index contributed by atoms with van der Waals surface area (Å²) in [4.78, 5) is 55.3. The summed E-state index contributed by atoms with van der Waals surface area (Å²) < 4.78 is 9.13. The molecule has 1 aromatic carbocycles. The minimum Gasteiger partial charge on any atom is -0.465 e. The number of hydrogen-bond donors (Lipinski definition) is 0. The molecule has 1 aliphatic heterocycles. The second-order valence-electron chi connectivity index (χ2n) is 4.79. The molecule has 14 heteroatoms. The van der Waals surface area contributed by atoms with Crippen LogP contribution in [0, 0.1) is 25.1 Å². The highest BCUT2D eigenvalue weighted by atomic mass is 32.2. The van der Waals surface area contributed by atoms with E-state index in [0.717, 1.165) is 26.4 Å². The van der Waals surface area contributed by atoms with E-state index in [1.807, 2.05) is 0 Å². The third-order valence-corrected chi connectivity index (χ3v) is 5.80. The van der Waals surface area contributed by atoms with Crippen molar-refractivity contribution in [3.8, 4) is 0 Å². The van der Waals surface area contributed by atoms with Crippen molar-refractivity contribution >= 4 is 52.5 Å². The zero-order chi connectivity index (χ0) is 21.0. The quantitative estimate of drug-likeness (QED) is 0.283. The lowest BCUT2D eigenvalue weighted by atomic mass is 10.1. The molecule has 0 bridgehead atoms. The molecule has 0 N–H and O–H groups in total. The van der Waals surface area contributed by atoms with E-state index in [1.165, 1.54) is 0 Å². The van der Waals surface area contributed by atoms with E-state index in [-0.39, 0.29) is 19.6 Å². The van der Waals surface area contributed by atoms with E-state index < -0.39 is 38.9 Å². The van der Waals surface area contributed by atoms with Gasteiger partial charge < -0.3 is 9.47 Å². The Kier molecular flexibility index (Phi) is 6.48. The second kappa shape index (κ2) is 8.62. The summed E-state index contributed by atoms with van der Waals surface area (Å²) in [6.45, 7) is 0. The van der Waals surface area contributed by atoms with Crippen LogP contribution in [0.2, 0.25) is 0 Å². The van der Waals surface area contributed by atoms with Crippen LogP contribution in [0.25, 0.3) is 5.70 Å². The smallest absolute Gasteiger partial charge is 0.346 e. The fourth-order valence-electron chi connectivity index (χ4n) is 2.03. The van der Waals surface area contributed by atoms with Crippen LogP contribution in [-0.4, -0.2) is 36.0 Å². The van der Waals surface area contributed by atoms with Gasteiger partial charge in [0.1, 0.15) is 15.5 Å². The van der Waals surface area contributed by atoms with Gasteiger partial charge in [0.2, 0.25) is 0 Å². The van der Waals surface area contributed by atoms with Gasteiger partial charge in [-0.3, -0.25) is 20.2 Å². The summed E-state index contributed by atoms with van der Waals surface area (Å²) in [5.41, 5.74) is -2.06. The first-order valence-electron chi connectivity index (χ1n) is 7.02. The Bertz CT molecular complexity index is 941. The molecule has 2 rings (SSSR count). The third-order valence-electron chi connectivity index (χ3n) is 3.27. The van der Waals surface area contributed by atoms with Gasteiger partial charge in [0.15, 0.2) is 0 Å². The predicted molar refractivity (Wildman–Crippen MR) is 98.7 cm³/mol. The number of rotatable bonds is 6. The monoisotopic (exact) mass is 427 g/mol. The van der Waals surface area contributed by atoms with E-state index >= 15 is 0 Å². The van der Waals surface area contributed by atoms with Crippen LogP contribution < -0.4 is 0 Å². The average Bonchev–Trinajstić information content (AvgIpc) is 3.12. The highest BCUT2D eigenvalue weighted by molar-refractivity contribution is 8.29. The topological polar surface area (TPSA) is 168 Å². The van der Waals surface area contributed by atoms with E-state index in [9.17, 15) is 34.7 Å². The third kappa shape index (κ3) is 4.01. The Balaban J connectivity index is 2.63. The molecule has 1 aliphatic rings. The molecule has 0 saturated heterocycles. The van der Waals surface area contributed by atoms with Gasteiger partial charge in [0, 0.05) is 6.07 Å². The Morgan fingerprint density at radius 3 is 1.93 bits per heavy atom. The molecular formula is C14H9N3O9S2. The maximum Gasteiger partial charge on any atom is 0.346 e. The molecule has 1 aromatic rings. The summed E-state index contributed by atoms with van der Waals surface area (Å²) in [6.07, 6.45) is 0. The minimum absolute atomic E-state index is 0.0206. The van der Waals surface area contributed by atoms with E-state index in [1.54, 1.807) is 0 Å². The van der Waals surface area contributed by atoms with Gasteiger partial charge in [-0.1, -0.05) is 23.5 Å². The molecule has 0 spiro atoms. The fourth-order valence-corrected chi connectivity index (χ4v) is 4.49. The van der Waals surface area contributed by atoms with Gasteiger partial charge in [-0.15, -0.1) is 4.91 Å². The molecule has 0 saturated carbocycles. The molecule has 0 aromatic heterocycles. The molecule has 12 nitrogen and oxygen atoms in total. The van der Waals surface area contributed by atoms with E-state index in [2.05, 4.69) is 14.7 Å². The van der Waals surface area contributed by atoms with E-state index in [0.29, 0.717) is 29.6 Å². The van der Waals surface area contributed by atoms with Gasteiger partial charge >= 0.3 is 11.9 Å². The maximum atomic E-state index is 11.9. The Labute approximate surface area is 164 Å². The summed E-state index contributed by atoms with van der Waals surface area (Å²) in [6, 6.07) is 2.64. The number of methoxy groups -OCH3 is 2. The van der Waals surface area contributed by atoms with Gasteiger partial charge in [-0.25, -0.2) is 9.59 Å². The first-order chi connectivity index (χ1) is 13.2. The van der Waals surface area contributed by atoms with Gasteiger partial charge in [0.25, 0.3) is 11.4 Å². The number of carbonyl (C=O) groups excluding carboxylic acids is 2. The molecule has 0 atom stereocenters. The zero-order valence-electron chi connectivity index (χ0n) is 14.1. The number of nitroso groups, excluding NO2 is 1. The highest BCUT2D eigenvalue weighted by Gasteiger charge is 2.36. The molecule has 0 fully saturated rings. The molecule has 0 amide bonds. The van der Waals surface area contributed by atoms with Crippen LogP contribution in [0.1, 0.15) is 5.56 Å². The van der Waals surface area contributed by atoms with Crippen LogP contribution in [0.4, 0.5) is 11.4 Å². The van der Waals surface area contributed by atoms with Gasteiger partial charge in [0.05, 0.1) is 39.9 Å². The summed E-state index contributed by atoms with van der Waals surface area (Å²) >= 11 is 1.30. The molecule has 0 unspecified atom stereocenters.